The number of methoxy groups -OCH3 is 1. The number of imidazole rings is 1. The molecule has 7 heteroatoms. The highest BCUT2D eigenvalue weighted by Gasteiger charge is 2.28. The van der Waals surface area contributed by atoms with Gasteiger partial charge in [-0.3, -0.25) is 4.79 Å². The van der Waals surface area contributed by atoms with Crippen molar-refractivity contribution in [3.05, 3.63) is 51.8 Å². The van der Waals surface area contributed by atoms with Crippen LogP contribution in [0.5, 0.6) is 5.75 Å². The highest BCUT2D eigenvalue weighted by Crippen LogP contribution is 2.40. The largest absolute Gasteiger partial charge is 0.494 e. The van der Waals surface area contributed by atoms with Gasteiger partial charge in [0, 0.05) is 5.92 Å². The van der Waals surface area contributed by atoms with E-state index in [4.69, 9.17) is 27.9 Å². The zero-order valence-corrected chi connectivity index (χ0v) is 14.9. The van der Waals surface area contributed by atoms with Crippen LogP contribution in [0.4, 0.5) is 5.69 Å². The molecule has 5 nitrogen and oxygen atoms in total. The minimum absolute atomic E-state index is 0.311. The maximum atomic E-state index is 12.8. The van der Waals surface area contributed by atoms with Crippen molar-refractivity contribution in [3.63, 3.8) is 0 Å². The van der Waals surface area contributed by atoms with Crippen LogP contribution < -0.4 is 10.1 Å². The number of aromatic amines is 1. The van der Waals surface area contributed by atoms with E-state index in [9.17, 15) is 4.79 Å². The molecular weight excluding hydrogens is 361 g/mol. The lowest BCUT2D eigenvalue weighted by atomic mass is 10.1. The third-order valence-corrected chi connectivity index (χ3v) is 4.89. The van der Waals surface area contributed by atoms with E-state index in [2.05, 4.69) is 15.3 Å². The van der Waals surface area contributed by atoms with Gasteiger partial charge < -0.3 is 15.0 Å². The molecule has 1 aliphatic carbocycles. The number of nitrogens with one attached hydrogen (secondary N) is 2. The van der Waals surface area contributed by atoms with Crippen molar-refractivity contribution in [2.75, 3.05) is 12.4 Å². The Morgan fingerprint density at radius 1 is 1.24 bits per heavy atom. The van der Waals surface area contributed by atoms with Gasteiger partial charge in [0.15, 0.2) is 0 Å². The van der Waals surface area contributed by atoms with E-state index in [1.807, 2.05) is 0 Å². The summed E-state index contributed by atoms with van der Waals surface area (Å²) in [4.78, 5) is 20.7. The number of aromatic nitrogens is 2. The zero-order valence-electron chi connectivity index (χ0n) is 13.4. The Morgan fingerprint density at radius 3 is 2.60 bits per heavy atom. The number of hydrogen-bond acceptors (Lipinski definition) is 3. The first-order chi connectivity index (χ1) is 12.1. The first-order valence-corrected chi connectivity index (χ1v) is 8.66. The fourth-order valence-electron chi connectivity index (χ4n) is 2.79. The van der Waals surface area contributed by atoms with E-state index < -0.39 is 0 Å². The van der Waals surface area contributed by atoms with Crippen molar-refractivity contribution < 1.29 is 9.53 Å². The molecule has 0 radical (unpaired) electrons. The van der Waals surface area contributed by atoms with Crippen molar-refractivity contribution in [2.24, 2.45) is 0 Å². The zero-order chi connectivity index (χ0) is 17.6. The smallest absolute Gasteiger partial charge is 0.257 e. The number of H-pyrrole nitrogens is 1. The molecule has 0 unspecified atom stereocenters. The topological polar surface area (TPSA) is 67.0 Å². The van der Waals surface area contributed by atoms with E-state index in [0.717, 1.165) is 18.7 Å². The molecule has 1 saturated carbocycles. The molecule has 1 aliphatic rings. The lowest BCUT2D eigenvalue weighted by Crippen LogP contribution is -2.13. The van der Waals surface area contributed by atoms with Gasteiger partial charge in [-0.1, -0.05) is 29.3 Å². The predicted octanol–water partition coefficient (Wildman–Crippen LogP) is 5.01. The standard InChI is InChI=1S/C18H15Cl2N3O2/c1-25-13-8-7-10(14-16(13)22-17(21-14)9-5-6-9)18(24)23-15-11(19)3-2-4-12(15)20/h2-4,7-9H,5-6H2,1H3,(H,21,22)(H,23,24). The van der Waals surface area contributed by atoms with Gasteiger partial charge in [-0.2, -0.15) is 0 Å². The number of anilines is 1. The van der Waals surface area contributed by atoms with Gasteiger partial charge in [0.2, 0.25) is 0 Å². The molecule has 2 aromatic carbocycles. The van der Waals surface area contributed by atoms with Crippen LogP contribution in [0.3, 0.4) is 0 Å². The number of amides is 1. The summed E-state index contributed by atoms with van der Waals surface area (Å²) in [7, 11) is 1.59. The van der Waals surface area contributed by atoms with E-state index in [-0.39, 0.29) is 5.91 Å². The summed E-state index contributed by atoms with van der Waals surface area (Å²) in [6.07, 6.45) is 2.22. The van der Waals surface area contributed by atoms with E-state index in [0.29, 0.717) is 44.0 Å². The summed E-state index contributed by atoms with van der Waals surface area (Å²) in [5.74, 6) is 1.65. The number of hydrogen-bond donors (Lipinski definition) is 2. The molecule has 0 spiro atoms. The minimum atomic E-state index is -0.311. The van der Waals surface area contributed by atoms with Crippen LogP contribution in [0.15, 0.2) is 30.3 Å². The second-order valence-corrected chi connectivity index (χ2v) is 6.80. The Morgan fingerprint density at radius 2 is 1.96 bits per heavy atom. The number of fused-ring (bicyclic) bond motifs is 1. The summed E-state index contributed by atoms with van der Waals surface area (Å²) < 4.78 is 5.38. The van der Waals surface area contributed by atoms with Gasteiger partial charge in [-0.25, -0.2) is 4.98 Å². The second-order valence-electron chi connectivity index (χ2n) is 5.99. The molecule has 0 bridgehead atoms. The summed E-state index contributed by atoms with van der Waals surface area (Å²) in [5, 5.41) is 3.55. The average Bonchev–Trinajstić information content (AvgIpc) is 3.35. The Balaban J connectivity index is 1.76. The molecule has 1 amide bonds. The van der Waals surface area contributed by atoms with Crippen molar-refractivity contribution in [2.45, 2.75) is 18.8 Å². The normalized spacial score (nSPS) is 13.9. The summed E-state index contributed by atoms with van der Waals surface area (Å²) in [6, 6.07) is 8.52. The van der Waals surface area contributed by atoms with E-state index >= 15 is 0 Å². The van der Waals surface area contributed by atoms with Gasteiger partial charge in [0.05, 0.1) is 33.9 Å². The molecule has 1 aromatic heterocycles. The molecule has 0 saturated heterocycles. The van der Waals surface area contributed by atoms with Gasteiger partial charge in [-0.05, 0) is 37.1 Å². The Bertz CT molecular complexity index is 960. The summed E-state index contributed by atoms with van der Waals surface area (Å²) in [5.41, 5.74) is 2.16. The number of para-hydroxylation sites is 1. The third kappa shape index (κ3) is 2.94. The first kappa shape index (κ1) is 16.2. The number of ether oxygens (including phenoxy) is 1. The van der Waals surface area contributed by atoms with Gasteiger partial charge >= 0.3 is 0 Å². The van der Waals surface area contributed by atoms with Crippen LogP contribution in [0.1, 0.15) is 34.9 Å². The monoisotopic (exact) mass is 375 g/mol. The predicted molar refractivity (Wildman–Crippen MR) is 99.0 cm³/mol. The first-order valence-electron chi connectivity index (χ1n) is 7.90. The fraction of sp³-hybridized carbons (Fsp3) is 0.222. The lowest BCUT2D eigenvalue weighted by molar-refractivity contribution is 0.102. The molecule has 0 aliphatic heterocycles. The molecule has 0 atom stereocenters. The van der Waals surface area contributed by atoms with Crippen LogP contribution in [0.2, 0.25) is 10.0 Å². The summed E-state index contributed by atoms with van der Waals surface area (Å²) in [6.45, 7) is 0. The van der Waals surface area contributed by atoms with E-state index in [1.54, 1.807) is 37.4 Å². The third-order valence-electron chi connectivity index (χ3n) is 4.26. The van der Waals surface area contributed by atoms with Gasteiger partial charge in [0.25, 0.3) is 5.91 Å². The molecular formula is C18H15Cl2N3O2. The van der Waals surface area contributed by atoms with Crippen LogP contribution >= 0.6 is 23.2 Å². The Kier molecular flexibility index (Phi) is 4.06. The Labute approximate surface area is 154 Å². The van der Waals surface area contributed by atoms with Crippen LogP contribution in [-0.2, 0) is 0 Å². The minimum Gasteiger partial charge on any atom is -0.494 e. The molecule has 128 valence electrons. The maximum absolute atomic E-state index is 12.8. The highest BCUT2D eigenvalue weighted by atomic mass is 35.5. The van der Waals surface area contributed by atoms with Crippen LogP contribution in [0.25, 0.3) is 11.0 Å². The van der Waals surface area contributed by atoms with E-state index in [1.165, 1.54) is 0 Å². The quantitative estimate of drug-likeness (QED) is 0.673. The number of rotatable bonds is 4. The van der Waals surface area contributed by atoms with Gasteiger partial charge in [0.1, 0.15) is 17.1 Å². The molecule has 1 heterocycles. The number of benzene rings is 2. The van der Waals surface area contributed by atoms with Crippen LogP contribution in [0, 0.1) is 0 Å². The maximum Gasteiger partial charge on any atom is 0.257 e. The second kappa shape index (κ2) is 6.24. The SMILES string of the molecule is COc1ccc(C(=O)Nc2c(Cl)cccc2Cl)c2[nH]c(C3CC3)nc12. The van der Waals surface area contributed by atoms with Crippen LogP contribution in [-0.4, -0.2) is 23.0 Å². The molecule has 1 fully saturated rings. The van der Waals surface area contributed by atoms with Gasteiger partial charge in [-0.15, -0.1) is 0 Å². The van der Waals surface area contributed by atoms with Crippen molar-refractivity contribution in [1.29, 1.82) is 0 Å². The molecule has 25 heavy (non-hydrogen) atoms. The number of carbonyl (C=O) groups excluding carboxylic acids is 1. The number of nitrogens with zero attached hydrogens (tertiary/aromatic N) is 1. The molecule has 3 aromatic rings. The summed E-state index contributed by atoms with van der Waals surface area (Å²) >= 11 is 12.3. The molecule has 2 N–H and O–H groups in total. The Hall–Kier alpha value is -2.24. The number of halogens is 2. The van der Waals surface area contributed by atoms with Crippen molar-refractivity contribution >= 4 is 45.8 Å². The number of carbonyl (C=O) groups is 1. The lowest BCUT2D eigenvalue weighted by Gasteiger charge is -2.10. The molecule has 4 rings (SSSR count). The fourth-order valence-corrected chi connectivity index (χ4v) is 3.28. The van der Waals surface area contributed by atoms with Crippen molar-refractivity contribution in [3.8, 4) is 5.75 Å². The highest BCUT2D eigenvalue weighted by molar-refractivity contribution is 6.40. The average molecular weight is 376 g/mol. The van der Waals surface area contributed by atoms with Crippen molar-refractivity contribution in [1.82, 2.24) is 9.97 Å².